The number of aryl methyl sites for hydroxylation is 1. The van der Waals surface area contributed by atoms with Crippen LogP contribution in [-0.4, -0.2) is 25.1 Å². The van der Waals surface area contributed by atoms with Crippen LogP contribution < -0.4 is 15.0 Å². The molecule has 1 aliphatic heterocycles. The Bertz CT molecular complexity index is 691. The first-order valence-corrected chi connectivity index (χ1v) is 8.51. The van der Waals surface area contributed by atoms with E-state index < -0.39 is 6.10 Å². The summed E-state index contributed by atoms with van der Waals surface area (Å²) in [6.07, 6.45) is 1.96. The number of hydrogen-bond donors (Lipinski definition) is 1. The number of amides is 1. The number of ether oxygens (including phenoxy) is 1. The van der Waals surface area contributed by atoms with E-state index in [9.17, 15) is 4.79 Å². The van der Waals surface area contributed by atoms with Crippen molar-refractivity contribution >= 4 is 17.3 Å². The number of hydrogen-bond acceptors (Lipinski definition) is 3. The van der Waals surface area contributed by atoms with Crippen LogP contribution in [0.15, 0.2) is 48.5 Å². The van der Waals surface area contributed by atoms with Gasteiger partial charge >= 0.3 is 0 Å². The molecule has 1 saturated heterocycles. The fraction of sp³-hybridized carbons (Fsp3) is 0.350. The number of nitrogens with one attached hydrogen (secondary N) is 1. The number of nitrogens with zero attached hydrogens (tertiary/aromatic N) is 1. The van der Waals surface area contributed by atoms with Crippen LogP contribution in [0.25, 0.3) is 0 Å². The van der Waals surface area contributed by atoms with Gasteiger partial charge in [-0.25, -0.2) is 0 Å². The SMILES string of the molecule is Cc1cccc(O[C@H](C)C(=O)Nc2ccc(N3CCCC3)cc2)c1. The summed E-state index contributed by atoms with van der Waals surface area (Å²) in [6.45, 7) is 6.00. The van der Waals surface area contributed by atoms with Crippen LogP contribution in [-0.2, 0) is 4.79 Å². The van der Waals surface area contributed by atoms with Crippen LogP contribution in [0, 0.1) is 6.92 Å². The maximum absolute atomic E-state index is 12.3. The molecular weight excluding hydrogens is 300 g/mol. The van der Waals surface area contributed by atoms with Gasteiger partial charge in [-0.15, -0.1) is 0 Å². The molecule has 0 bridgehead atoms. The lowest BCUT2D eigenvalue weighted by molar-refractivity contribution is -0.122. The molecule has 1 fully saturated rings. The minimum Gasteiger partial charge on any atom is -0.481 e. The molecule has 0 saturated carbocycles. The molecule has 24 heavy (non-hydrogen) atoms. The molecule has 0 aromatic heterocycles. The fourth-order valence-corrected chi connectivity index (χ4v) is 2.92. The Morgan fingerprint density at radius 1 is 1.12 bits per heavy atom. The third-order valence-electron chi connectivity index (χ3n) is 4.28. The first-order chi connectivity index (χ1) is 11.6. The van der Waals surface area contributed by atoms with Gasteiger partial charge in [0.25, 0.3) is 5.91 Å². The summed E-state index contributed by atoms with van der Waals surface area (Å²) in [6, 6.07) is 15.7. The molecule has 2 aromatic rings. The summed E-state index contributed by atoms with van der Waals surface area (Å²) in [4.78, 5) is 14.7. The van der Waals surface area contributed by atoms with Gasteiger partial charge in [0.15, 0.2) is 6.10 Å². The van der Waals surface area contributed by atoms with Crippen molar-refractivity contribution in [3.05, 3.63) is 54.1 Å². The highest BCUT2D eigenvalue weighted by Gasteiger charge is 2.16. The fourth-order valence-electron chi connectivity index (χ4n) is 2.92. The van der Waals surface area contributed by atoms with Gasteiger partial charge in [0.1, 0.15) is 5.75 Å². The quantitative estimate of drug-likeness (QED) is 0.904. The van der Waals surface area contributed by atoms with E-state index in [1.807, 2.05) is 43.3 Å². The zero-order chi connectivity index (χ0) is 16.9. The zero-order valence-electron chi connectivity index (χ0n) is 14.3. The summed E-state index contributed by atoms with van der Waals surface area (Å²) in [5.74, 6) is 0.562. The lowest BCUT2D eigenvalue weighted by Crippen LogP contribution is -2.30. The maximum atomic E-state index is 12.3. The van der Waals surface area contributed by atoms with E-state index in [2.05, 4.69) is 22.3 Å². The molecule has 1 heterocycles. The molecule has 1 atom stereocenters. The average Bonchev–Trinajstić information content (AvgIpc) is 3.10. The topological polar surface area (TPSA) is 41.6 Å². The molecule has 4 nitrogen and oxygen atoms in total. The molecule has 0 spiro atoms. The average molecular weight is 324 g/mol. The van der Waals surface area contributed by atoms with Crippen molar-refractivity contribution in [2.75, 3.05) is 23.3 Å². The van der Waals surface area contributed by atoms with Gasteiger partial charge in [0, 0.05) is 24.5 Å². The van der Waals surface area contributed by atoms with E-state index in [1.54, 1.807) is 6.92 Å². The second kappa shape index (κ2) is 7.39. The highest BCUT2D eigenvalue weighted by Crippen LogP contribution is 2.22. The Morgan fingerprint density at radius 3 is 2.50 bits per heavy atom. The van der Waals surface area contributed by atoms with E-state index in [-0.39, 0.29) is 5.91 Å². The molecule has 1 N–H and O–H groups in total. The molecule has 0 aliphatic carbocycles. The van der Waals surface area contributed by atoms with Crippen molar-refractivity contribution in [2.24, 2.45) is 0 Å². The molecule has 0 radical (unpaired) electrons. The standard InChI is InChI=1S/C20H24N2O2/c1-15-6-5-7-19(14-15)24-16(2)20(23)21-17-8-10-18(11-9-17)22-12-3-4-13-22/h5-11,14,16H,3-4,12-13H2,1-2H3,(H,21,23)/t16-/m1/s1. The van der Waals surface area contributed by atoms with Gasteiger partial charge in [0.2, 0.25) is 0 Å². The molecule has 1 amide bonds. The Hall–Kier alpha value is -2.49. The van der Waals surface area contributed by atoms with E-state index in [0.717, 1.165) is 24.3 Å². The number of carbonyl (C=O) groups excluding carboxylic acids is 1. The van der Waals surface area contributed by atoms with Crippen LogP contribution in [0.3, 0.4) is 0 Å². The van der Waals surface area contributed by atoms with E-state index in [0.29, 0.717) is 5.75 Å². The highest BCUT2D eigenvalue weighted by atomic mass is 16.5. The third kappa shape index (κ3) is 4.07. The zero-order valence-corrected chi connectivity index (χ0v) is 14.3. The van der Waals surface area contributed by atoms with Gasteiger partial charge < -0.3 is 15.0 Å². The minimum absolute atomic E-state index is 0.148. The maximum Gasteiger partial charge on any atom is 0.265 e. The van der Waals surface area contributed by atoms with Crippen molar-refractivity contribution in [1.82, 2.24) is 0 Å². The van der Waals surface area contributed by atoms with E-state index in [4.69, 9.17) is 4.74 Å². The van der Waals surface area contributed by atoms with Crippen LogP contribution in [0.5, 0.6) is 5.75 Å². The van der Waals surface area contributed by atoms with Gasteiger partial charge in [-0.05, 0) is 68.7 Å². The summed E-state index contributed by atoms with van der Waals surface area (Å²) in [5, 5.41) is 2.91. The van der Waals surface area contributed by atoms with E-state index >= 15 is 0 Å². The minimum atomic E-state index is -0.551. The first kappa shape index (κ1) is 16.4. The van der Waals surface area contributed by atoms with Crippen molar-refractivity contribution < 1.29 is 9.53 Å². The van der Waals surface area contributed by atoms with Crippen molar-refractivity contribution in [1.29, 1.82) is 0 Å². The monoisotopic (exact) mass is 324 g/mol. The van der Waals surface area contributed by atoms with Crippen LogP contribution in [0.2, 0.25) is 0 Å². The number of carbonyl (C=O) groups is 1. The summed E-state index contributed by atoms with van der Waals surface area (Å²) in [7, 11) is 0. The smallest absolute Gasteiger partial charge is 0.265 e. The second-order valence-corrected chi connectivity index (χ2v) is 6.31. The van der Waals surface area contributed by atoms with Gasteiger partial charge in [-0.1, -0.05) is 12.1 Å². The van der Waals surface area contributed by atoms with Crippen LogP contribution in [0.4, 0.5) is 11.4 Å². The predicted octanol–water partition coefficient (Wildman–Crippen LogP) is 4.00. The molecule has 3 rings (SSSR count). The summed E-state index contributed by atoms with van der Waals surface area (Å²) >= 11 is 0. The van der Waals surface area contributed by atoms with Crippen molar-refractivity contribution in [2.45, 2.75) is 32.8 Å². The molecular formula is C20H24N2O2. The first-order valence-electron chi connectivity index (χ1n) is 8.51. The Kier molecular flexibility index (Phi) is 5.04. The van der Waals surface area contributed by atoms with Crippen molar-refractivity contribution in [3.63, 3.8) is 0 Å². The molecule has 4 heteroatoms. The predicted molar refractivity (Wildman–Crippen MR) is 97.8 cm³/mol. The Balaban J connectivity index is 1.57. The lowest BCUT2D eigenvalue weighted by Gasteiger charge is -2.18. The number of rotatable bonds is 5. The van der Waals surface area contributed by atoms with Crippen molar-refractivity contribution in [3.8, 4) is 5.75 Å². The molecule has 0 unspecified atom stereocenters. The molecule has 2 aromatic carbocycles. The third-order valence-corrected chi connectivity index (χ3v) is 4.28. The Morgan fingerprint density at radius 2 is 1.83 bits per heavy atom. The summed E-state index contributed by atoms with van der Waals surface area (Å²) < 4.78 is 5.71. The van der Waals surface area contributed by atoms with Crippen LogP contribution in [0.1, 0.15) is 25.3 Å². The van der Waals surface area contributed by atoms with Gasteiger partial charge in [0.05, 0.1) is 0 Å². The Labute approximate surface area is 143 Å². The van der Waals surface area contributed by atoms with Crippen LogP contribution >= 0.6 is 0 Å². The van der Waals surface area contributed by atoms with Gasteiger partial charge in [-0.2, -0.15) is 0 Å². The molecule has 126 valence electrons. The molecule has 1 aliphatic rings. The number of benzene rings is 2. The normalized spacial score (nSPS) is 15.2. The lowest BCUT2D eigenvalue weighted by atomic mass is 10.2. The number of anilines is 2. The van der Waals surface area contributed by atoms with E-state index in [1.165, 1.54) is 18.5 Å². The highest BCUT2D eigenvalue weighted by molar-refractivity contribution is 5.94. The van der Waals surface area contributed by atoms with Gasteiger partial charge in [-0.3, -0.25) is 4.79 Å². The second-order valence-electron chi connectivity index (χ2n) is 6.31. The summed E-state index contributed by atoms with van der Waals surface area (Å²) in [5.41, 5.74) is 3.12. The largest absolute Gasteiger partial charge is 0.481 e.